The standard InChI is InChI=1S/C14H27N3O/c1-11(2)16(4)9-5-6-10-17-12(3)15-14(7-8-14)13(17)18/h11-12,15H,5-10H2,1-4H3. The minimum absolute atomic E-state index is 0.145. The Kier molecular flexibility index (Phi) is 3.97. The molecule has 18 heavy (non-hydrogen) atoms. The van der Waals surface area contributed by atoms with Crippen LogP contribution in [-0.4, -0.2) is 53.6 Å². The van der Waals surface area contributed by atoms with Crippen molar-refractivity contribution < 1.29 is 4.79 Å². The Labute approximate surface area is 111 Å². The molecule has 1 heterocycles. The Morgan fingerprint density at radius 2 is 2.11 bits per heavy atom. The van der Waals surface area contributed by atoms with Gasteiger partial charge in [0.15, 0.2) is 0 Å². The fourth-order valence-electron chi connectivity index (χ4n) is 2.67. The summed E-state index contributed by atoms with van der Waals surface area (Å²) in [5.41, 5.74) is -0.145. The van der Waals surface area contributed by atoms with Crippen LogP contribution >= 0.6 is 0 Å². The molecule has 1 spiro atoms. The van der Waals surface area contributed by atoms with Crippen LogP contribution in [0.2, 0.25) is 0 Å². The van der Waals surface area contributed by atoms with Crippen LogP contribution < -0.4 is 5.32 Å². The van der Waals surface area contributed by atoms with Crippen molar-refractivity contribution in [3.05, 3.63) is 0 Å². The number of unbranched alkanes of at least 4 members (excludes halogenated alkanes) is 1. The number of rotatable bonds is 6. The molecule has 4 nitrogen and oxygen atoms in total. The van der Waals surface area contributed by atoms with E-state index in [1.54, 1.807) is 0 Å². The van der Waals surface area contributed by atoms with Gasteiger partial charge in [0.2, 0.25) is 5.91 Å². The second-order valence-electron chi connectivity index (χ2n) is 6.18. The molecular formula is C14H27N3O. The summed E-state index contributed by atoms with van der Waals surface area (Å²) in [6, 6.07) is 0.605. The first-order chi connectivity index (χ1) is 8.46. The maximum atomic E-state index is 12.2. The van der Waals surface area contributed by atoms with Crippen LogP contribution in [-0.2, 0) is 4.79 Å². The summed E-state index contributed by atoms with van der Waals surface area (Å²) in [6.45, 7) is 8.55. The molecule has 0 aromatic rings. The highest BCUT2D eigenvalue weighted by Crippen LogP contribution is 2.41. The Morgan fingerprint density at radius 1 is 1.44 bits per heavy atom. The lowest BCUT2D eigenvalue weighted by Gasteiger charge is -2.23. The van der Waals surface area contributed by atoms with Gasteiger partial charge >= 0.3 is 0 Å². The molecule has 4 heteroatoms. The zero-order valence-electron chi connectivity index (χ0n) is 12.2. The third kappa shape index (κ3) is 2.69. The number of hydrogen-bond donors (Lipinski definition) is 1. The molecule has 1 saturated carbocycles. The largest absolute Gasteiger partial charge is 0.326 e. The van der Waals surface area contributed by atoms with Gasteiger partial charge in [-0.2, -0.15) is 0 Å². The maximum Gasteiger partial charge on any atom is 0.244 e. The molecule has 1 aliphatic heterocycles. The van der Waals surface area contributed by atoms with Gasteiger partial charge in [-0.25, -0.2) is 0 Å². The molecule has 1 amide bonds. The molecule has 0 bridgehead atoms. The van der Waals surface area contributed by atoms with Crippen LogP contribution in [0, 0.1) is 0 Å². The van der Waals surface area contributed by atoms with E-state index in [0.29, 0.717) is 11.9 Å². The first-order valence-electron chi connectivity index (χ1n) is 7.25. The third-order valence-electron chi connectivity index (χ3n) is 4.41. The second kappa shape index (κ2) is 5.17. The predicted octanol–water partition coefficient (Wildman–Crippen LogP) is 1.42. The summed E-state index contributed by atoms with van der Waals surface area (Å²) in [6.07, 6.45) is 4.55. The molecule has 1 unspecified atom stereocenters. The van der Waals surface area contributed by atoms with Crippen LogP contribution in [0.15, 0.2) is 0 Å². The first-order valence-corrected chi connectivity index (χ1v) is 7.25. The van der Waals surface area contributed by atoms with Gasteiger partial charge in [-0.1, -0.05) is 0 Å². The van der Waals surface area contributed by atoms with E-state index >= 15 is 0 Å². The topological polar surface area (TPSA) is 35.6 Å². The molecule has 2 aliphatic rings. The summed E-state index contributed by atoms with van der Waals surface area (Å²) >= 11 is 0. The Balaban J connectivity index is 1.69. The highest BCUT2D eigenvalue weighted by molar-refractivity contribution is 5.91. The molecule has 0 aromatic heterocycles. The van der Waals surface area contributed by atoms with Gasteiger partial charge in [0.05, 0.1) is 11.7 Å². The monoisotopic (exact) mass is 253 g/mol. The van der Waals surface area contributed by atoms with Crippen LogP contribution in [0.5, 0.6) is 0 Å². The SMILES string of the molecule is CC(C)N(C)CCCCN1C(=O)C2(CC2)NC1C. The fourth-order valence-corrected chi connectivity index (χ4v) is 2.67. The number of amides is 1. The summed E-state index contributed by atoms with van der Waals surface area (Å²) in [5.74, 6) is 0.340. The highest BCUT2D eigenvalue weighted by atomic mass is 16.2. The van der Waals surface area contributed by atoms with Crippen molar-refractivity contribution >= 4 is 5.91 Å². The quantitative estimate of drug-likeness (QED) is 0.727. The Bertz CT molecular complexity index is 312. The van der Waals surface area contributed by atoms with Crippen molar-refractivity contribution in [2.75, 3.05) is 20.1 Å². The van der Waals surface area contributed by atoms with E-state index in [2.05, 4.69) is 38.0 Å². The number of nitrogens with one attached hydrogen (secondary N) is 1. The molecule has 0 aromatic carbocycles. The van der Waals surface area contributed by atoms with Gasteiger partial charge < -0.3 is 9.80 Å². The first kappa shape index (κ1) is 13.8. The molecule has 2 rings (SSSR count). The van der Waals surface area contributed by atoms with Crippen molar-refractivity contribution in [2.45, 2.75) is 64.2 Å². The maximum absolute atomic E-state index is 12.2. The summed E-state index contributed by atoms with van der Waals surface area (Å²) < 4.78 is 0. The lowest BCUT2D eigenvalue weighted by Crippen LogP contribution is -2.36. The van der Waals surface area contributed by atoms with Crippen LogP contribution in [0.3, 0.4) is 0 Å². The van der Waals surface area contributed by atoms with Gasteiger partial charge in [0.25, 0.3) is 0 Å². The smallest absolute Gasteiger partial charge is 0.244 e. The van der Waals surface area contributed by atoms with E-state index in [9.17, 15) is 4.79 Å². The molecule has 1 saturated heterocycles. The summed E-state index contributed by atoms with van der Waals surface area (Å²) in [4.78, 5) is 16.6. The predicted molar refractivity (Wildman–Crippen MR) is 73.3 cm³/mol. The van der Waals surface area contributed by atoms with Gasteiger partial charge in [-0.3, -0.25) is 10.1 Å². The lowest BCUT2D eigenvalue weighted by atomic mass is 10.2. The van der Waals surface area contributed by atoms with Gasteiger partial charge in [-0.05, 0) is 60.0 Å². The van der Waals surface area contributed by atoms with Crippen molar-refractivity contribution in [3.63, 3.8) is 0 Å². The van der Waals surface area contributed by atoms with E-state index < -0.39 is 0 Å². The Hall–Kier alpha value is -0.610. The van der Waals surface area contributed by atoms with Crippen LogP contribution in [0.25, 0.3) is 0 Å². The van der Waals surface area contributed by atoms with Crippen LogP contribution in [0.4, 0.5) is 0 Å². The molecule has 0 radical (unpaired) electrons. The van der Waals surface area contributed by atoms with Gasteiger partial charge in [0.1, 0.15) is 0 Å². The van der Waals surface area contributed by atoms with Crippen molar-refractivity contribution in [1.29, 1.82) is 0 Å². The number of nitrogens with zero attached hydrogens (tertiary/aromatic N) is 2. The number of carbonyl (C=O) groups excluding carboxylic acids is 1. The molecule has 104 valence electrons. The van der Waals surface area contributed by atoms with Crippen LogP contribution in [0.1, 0.15) is 46.5 Å². The highest BCUT2D eigenvalue weighted by Gasteiger charge is 2.57. The number of carbonyl (C=O) groups is 1. The Morgan fingerprint density at radius 3 is 2.61 bits per heavy atom. The lowest BCUT2D eigenvalue weighted by molar-refractivity contribution is -0.130. The minimum atomic E-state index is -0.145. The van der Waals surface area contributed by atoms with Gasteiger partial charge in [0, 0.05) is 12.6 Å². The third-order valence-corrected chi connectivity index (χ3v) is 4.41. The average Bonchev–Trinajstić information content (AvgIpc) is 3.03. The average molecular weight is 253 g/mol. The zero-order chi connectivity index (χ0) is 13.3. The minimum Gasteiger partial charge on any atom is -0.326 e. The molecule has 2 fully saturated rings. The normalized spacial score (nSPS) is 25.8. The van der Waals surface area contributed by atoms with E-state index in [1.807, 2.05) is 4.90 Å². The molecule has 1 N–H and O–H groups in total. The van der Waals surface area contributed by atoms with Gasteiger partial charge in [-0.15, -0.1) is 0 Å². The van der Waals surface area contributed by atoms with E-state index in [4.69, 9.17) is 0 Å². The van der Waals surface area contributed by atoms with E-state index in [0.717, 1.165) is 38.8 Å². The fraction of sp³-hybridized carbons (Fsp3) is 0.929. The zero-order valence-corrected chi connectivity index (χ0v) is 12.2. The van der Waals surface area contributed by atoms with E-state index in [1.165, 1.54) is 0 Å². The van der Waals surface area contributed by atoms with Crippen molar-refractivity contribution in [1.82, 2.24) is 15.1 Å². The van der Waals surface area contributed by atoms with Crippen molar-refractivity contribution in [3.8, 4) is 0 Å². The molecular weight excluding hydrogens is 226 g/mol. The van der Waals surface area contributed by atoms with Crippen molar-refractivity contribution in [2.24, 2.45) is 0 Å². The molecule has 1 atom stereocenters. The number of hydrogen-bond acceptors (Lipinski definition) is 3. The molecule has 1 aliphatic carbocycles. The second-order valence-corrected chi connectivity index (χ2v) is 6.18. The summed E-state index contributed by atoms with van der Waals surface area (Å²) in [5, 5.41) is 3.44. The summed E-state index contributed by atoms with van der Waals surface area (Å²) in [7, 11) is 2.16. The van der Waals surface area contributed by atoms with E-state index in [-0.39, 0.29) is 11.7 Å².